The zero-order valence-electron chi connectivity index (χ0n) is 24.1. The van der Waals surface area contributed by atoms with Crippen molar-refractivity contribution in [2.45, 2.75) is 95.9 Å². The summed E-state index contributed by atoms with van der Waals surface area (Å²) in [6.07, 6.45) is 11.6. The zero-order valence-corrected chi connectivity index (χ0v) is 24.1. The second kappa shape index (κ2) is 10.9. The van der Waals surface area contributed by atoms with E-state index in [4.69, 9.17) is 9.57 Å². The Morgan fingerprint density at radius 1 is 0.919 bits per heavy atom. The zero-order chi connectivity index (χ0) is 26.3. The number of hydrogen-bond acceptors (Lipinski definition) is 7. The molecule has 4 aliphatic carbocycles. The van der Waals surface area contributed by atoms with Crippen LogP contribution < -0.4 is 5.48 Å². The fraction of sp³-hybridized carbons (Fsp3) is 1.00. The Hall–Kier alpha value is -0.280. The van der Waals surface area contributed by atoms with Crippen molar-refractivity contribution in [1.29, 1.82) is 0 Å². The molecule has 37 heavy (non-hydrogen) atoms. The lowest BCUT2D eigenvalue weighted by atomic mass is 9.43. The highest BCUT2D eigenvalue weighted by Crippen LogP contribution is 2.69. The highest BCUT2D eigenvalue weighted by atomic mass is 16.6. The highest BCUT2D eigenvalue weighted by molar-refractivity contribution is 5.17. The van der Waals surface area contributed by atoms with Gasteiger partial charge >= 0.3 is 0 Å². The molecule has 214 valence electrons. The molecule has 7 heteroatoms. The molecule has 1 aliphatic heterocycles. The lowest BCUT2D eigenvalue weighted by Gasteiger charge is -2.64. The number of likely N-dealkylation sites (tertiary alicyclic amines) is 1. The third-order valence-electron chi connectivity index (χ3n) is 12.1. The summed E-state index contributed by atoms with van der Waals surface area (Å²) in [5, 5.41) is 23.8. The maximum atomic E-state index is 12.4. The Kier molecular flexibility index (Phi) is 8.36. The molecule has 1 saturated heterocycles. The number of fused-ring (bicyclic) bond motifs is 5. The number of nitrogens with one attached hydrogen (secondary N) is 1. The molecule has 0 radical (unpaired) electrons. The minimum Gasteiger partial charge on any atom is -0.389 e. The molecule has 1 heterocycles. The van der Waals surface area contributed by atoms with Crippen molar-refractivity contribution in [1.82, 2.24) is 15.3 Å². The first-order valence-electron chi connectivity index (χ1n) is 15.4. The summed E-state index contributed by atoms with van der Waals surface area (Å²) >= 11 is 0. The molecule has 3 N–H and O–H groups in total. The van der Waals surface area contributed by atoms with Gasteiger partial charge in [-0.3, -0.25) is 0 Å². The van der Waals surface area contributed by atoms with Gasteiger partial charge in [-0.05, 0) is 114 Å². The maximum Gasteiger partial charge on any atom is 0.165 e. The summed E-state index contributed by atoms with van der Waals surface area (Å²) in [6, 6.07) is 0. The van der Waals surface area contributed by atoms with E-state index in [1.807, 2.05) is 0 Å². The summed E-state index contributed by atoms with van der Waals surface area (Å²) in [4.78, 5) is 10.3. The molecule has 0 aromatic rings. The molecular weight excluding hydrogens is 466 g/mol. The number of ether oxygens (including phenoxy) is 1. The Morgan fingerprint density at radius 2 is 1.70 bits per heavy atom. The molecule has 8 atom stereocenters. The number of hydrogen-bond donors (Lipinski definition) is 3. The lowest BCUT2D eigenvalue weighted by Crippen LogP contribution is -2.63. The Bertz CT molecular complexity index is 778. The van der Waals surface area contributed by atoms with Gasteiger partial charge in [0.25, 0.3) is 0 Å². The number of likely N-dealkylation sites (N-methyl/N-ethyl adjacent to an activating group) is 1. The van der Waals surface area contributed by atoms with E-state index in [9.17, 15) is 10.2 Å². The molecule has 0 aromatic heterocycles. The van der Waals surface area contributed by atoms with Crippen molar-refractivity contribution >= 4 is 0 Å². The van der Waals surface area contributed by atoms with E-state index in [1.54, 1.807) is 0 Å². The topological polar surface area (TPSA) is 77.4 Å². The number of nitrogens with zero attached hydrogens (tertiary/aromatic N) is 2. The third kappa shape index (κ3) is 5.28. The van der Waals surface area contributed by atoms with Crippen LogP contribution in [0.25, 0.3) is 0 Å². The van der Waals surface area contributed by atoms with Gasteiger partial charge in [-0.1, -0.05) is 13.8 Å². The first kappa shape index (κ1) is 28.3. The van der Waals surface area contributed by atoms with E-state index in [2.05, 4.69) is 43.2 Å². The van der Waals surface area contributed by atoms with Gasteiger partial charge in [0, 0.05) is 37.9 Å². The van der Waals surface area contributed by atoms with E-state index >= 15 is 0 Å². The Labute approximate surface area is 225 Å². The monoisotopic (exact) mass is 521 g/mol. The van der Waals surface area contributed by atoms with E-state index < -0.39 is 11.4 Å². The molecular formula is C30H55N3O4. The SMILES string of the molecule is CN(C)CCONC[C@H]1CC[C@]2(O)[C@@H]3CC[C@@H]4C[C@@](O)(OCCN5CCCC5)CC[C@]4(C)[C@H]3CC[C@]12C. The fourth-order valence-electron chi connectivity index (χ4n) is 9.58. The number of hydroxylamine groups is 1. The largest absolute Gasteiger partial charge is 0.389 e. The average Bonchev–Trinajstić information content (AvgIpc) is 3.46. The summed E-state index contributed by atoms with van der Waals surface area (Å²) in [7, 11) is 4.12. The van der Waals surface area contributed by atoms with Gasteiger partial charge in [0.1, 0.15) is 0 Å². The summed E-state index contributed by atoms with van der Waals surface area (Å²) in [5.41, 5.74) is 2.80. The third-order valence-corrected chi connectivity index (χ3v) is 12.1. The minimum atomic E-state index is -0.965. The highest BCUT2D eigenvalue weighted by Gasteiger charge is 2.67. The van der Waals surface area contributed by atoms with Crippen LogP contribution in [0.5, 0.6) is 0 Å². The van der Waals surface area contributed by atoms with Gasteiger partial charge in [-0.15, -0.1) is 0 Å². The van der Waals surface area contributed by atoms with Crippen molar-refractivity contribution < 1.29 is 19.8 Å². The fourth-order valence-corrected chi connectivity index (χ4v) is 9.58. The first-order chi connectivity index (χ1) is 17.6. The van der Waals surface area contributed by atoms with Crippen LogP contribution in [0.4, 0.5) is 0 Å². The van der Waals surface area contributed by atoms with Crippen molar-refractivity contribution in [2.75, 3.05) is 60.0 Å². The van der Waals surface area contributed by atoms with Crippen LogP contribution in [-0.2, 0) is 9.57 Å². The van der Waals surface area contributed by atoms with E-state index in [0.29, 0.717) is 36.9 Å². The molecule has 0 unspecified atom stereocenters. The predicted molar refractivity (Wildman–Crippen MR) is 146 cm³/mol. The second-order valence-electron chi connectivity index (χ2n) is 14.2. The Morgan fingerprint density at radius 3 is 2.46 bits per heavy atom. The molecule has 4 saturated carbocycles. The van der Waals surface area contributed by atoms with Gasteiger partial charge in [-0.2, -0.15) is 0 Å². The number of aliphatic hydroxyl groups is 2. The minimum absolute atomic E-state index is 0.0522. The summed E-state index contributed by atoms with van der Waals surface area (Å²) in [6.45, 7) is 11.2. The van der Waals surface area contributed by atoms with Crippen LogP contribution in [-0.4, -0.2) is 91.4 Å². The molecule has 5 fully saturated rings. The van der Waals surface area contributed by atoms with Crippen LogP contribution in [0.3, 0.4) is 0 Å². The lowest BCUT2D eigenvalue weighted by molar-refractivity contribution is -0.270. The van der Waals surface area contributed by atoms with Gasteiger partial charge in [0.2, 0.25) is 0 Å². The molecule has 0 amide bonds. The van der Waals surface area contributed by atoms with Crippen molar-refractivity contribution in [3.8, 4) is 0 Å². The van der Waals surface area contributed by atoms with Gasteiger partial charge in [-0.25, -0.2) is 5.48 Å². The van der Waals surface area contributed by atoms with E-state index in [0.717, 1.165) is 71.0 Å². The van der Waals surface area contributed by atoms with Crippen molar-refractivity contribution in [2.24, 2.45) is 34.5 Å². The van der Waals surface area contributed by atoms with Crippen molar-refractivity contribution in [3.63, 3.8) is 0 Å². The average molecular weight is 522 g/mol. The quantitative estimate of drug-likeness (QED) is 0.230. The van der Waals surface area contributed by atoms with Gasteiger partial charge in [0.15, 0.2) is 5.79 Å². The number of rotatable bonds is 10. The molecule has 5 aliphatic rings. The van der Waals surface area contributed by atoms with Crippen LogP contribution in [0.15, 0.2) is 0 Å². The summed E-state index contributed by atoms with van der Waals surface area (Å²) in [5.74, 6) is 0.879. The summed E-state index contributed by atoms with van der Waals surface area (Å²) < 4.78 is 6.19. The van der Waals surface area contributed by atoms with Gasteiger partial charge in [0.05, 0.1) is 18.8 Å². The second-order valence-corrected chi connectivity index (χ2v) is 14.2. The first-order valence-corrected chi connectivity index (χ1v) is 15.4. The molecule has 0 bridgehead atoms. The molecule has 5 rings (SSSR count). The molecule has 0 aromatic carbocycles. The smallest absolute Gasteiger partial charge is 0.165 e. The molecule has 0 spiro atoms. The van der Waals surface area contributed by atoms with Crippen LogP contribution in [0, 0.1) is 34.5 Å². The van der Waals surface area contributed by atoms with E-state index in [-0.39, 0.29) is 10.8 Å². The predicted octanol–water partition coefficient (Wildman–Crippen LogP) is 3.64. The van der Waals surface area contributed by atoms with Crippen LogP contribution in [0.1, 0.15) is 84.5 Å². The van der Waals surface area contributed by atoms with Crippen LogP contribution in [0.2, 0.25) is 0 Å². The molecule has 7 nitrogen and oxygen atoms in total. The Balaban J connectivity index is 1.19. The van der Waals surface area contributed by atoms with Gasteiger partial charge < -0.3 is 29.6 Å². The van der Waals surface area contributed by atoms with Crippen molar-refractivity contribution in [3.05, 3.63) is 0 Å². The maximum absolute atomic E-state index is 12.4. The van der Waals surface area contributed by atoms with Crippen LogP contribution >= 0.6 is 0 Å². The normalized spacial score (nSPS) is 46.1. The standard InChI is InChI=1S/C30H55N3O4/c1-27-13-14-29(34,36-19-18-33-15-5-6-16-33)21-23(27)7-8-26-25(27)10-11-28(2)24(9-12-30(26,28)35)22-31-37-20-17-32(3)4/h23-26,31,34-35H,5-22H2,1-4H3/t23-,24-,25+,26-,27+,28-,29+,30+/m1/s1. The van der Waals surface area contributed by atoms with E-state index in [1.165, 1.54) is 32.4 Å².